The van der Waals surface area contributed by atoms with Gasteiger partial charge in [-0.25, -0.2) is 4.98 Å². The van der Waals surface area contributed by atoms with E-state index in [9.17, 15) is 9.59 Å². The third-order valence-corrected chi connectivity index (χ3v) is 5.36. The SMILES string of the molecule is COC(=O)Cn1c([C@H]2CC(=O)N(c3cc(Cl)ccc3OC)C2)nc2ccccc21. The third-order valence-electron chi connectivity index (χ3n) is 5.12. The van der Waals surface area contributed by atoms with Crippen LogP contribution < -0.4 is 9.64 Å². The van der Waals surface area contributed by atoms with Gasteiger partial charge in [0.2, 0.25) is 5.91 Å². The first-order valence-electron chi connectivity index (χ1n) is 9.17. The maximum atomic E-state index is 12.8. The number of nitrogens with zero attached hydrogens (tertiary/aromatic N) is 3. The zero-order valence-electron chi connectivity index (χ0n) is 16.1. The van der Waals surface area contributed by atoms with Gasteiger partial charge in [-0.2, -0.15) is 0 Å². The number of methoxy groups -OCH3 is 2. The molecule has 1 atom stereocenters. The first kappa shape index (κ1) is 19.3. The van der Waals surface area contributed by atoms with Crippen molar-refractivity contribution in [3.05, 3.63) is 53.3 Å². The number of hydrogen-bond acceptors (Lipinski definition) is 5. The molecule has 2 aromatic carbocycles. The third kappa shape index (κ3) is 3.53. The quantitative estimate of drug-likeness (QED) is 0.599. The van der Waals surface area contributed by atoms with E-state index in [0.717, 1.165) is 11.0 Å². The van der Waals surface area contributed by atoms with E-state index in [1.165, 1.54) is 7.11 Å². The van der Waals surface area contributed by atoms with Crippen LogP contribution in [-0.2, 0) is 20.9 Å². The Balaban J connectivity index is 1.73. The Morgan fingerprint density at radius 3 is 2.79 bits per heavy atom. The van der Waals surface area contributed by atoms with Crippen LogP contribution in [0.25, 0.3) is 11.0 Å². The van der Waals surface area contributed by atoms with Crippen molar-refractivity contribution in [2.75, 3.05) is 25.7 Å². The molecule has 4 rings (SSSR count). The predicted molar refractivity (Wildman–Crippen MR) is 109 cm³/mol. The van der Waals surface area contributed by atoms with E-state index in [1.807, 2.05) is 28.8 Å². The van der Waals surface area contributed by atoms with Gasteiger partial charge in [0, 0.05) is 23.9 Å². The molecule has 0 unspecified atom stereocenters. The number of rotatable bonds is 5. The van der Waals surface area contributed by atoms with E-state index in [-0.39, 0.29) is 30.8 Å². The minimum Gasteiger partial charge on any atom is -0.495 e. The van der Waals surface area contributed by atoms with E-state index < -0.39 is 0 Å². The fraction of sp³-hybridized carbons (Fsp3) is 0.286. The first-order chi connectivity index (χ1) is 14.0. The van der Waals surface area contributed by atoms with Gasteiger partial charge in [0.1, 0.15) is 18.1 Å². The first-order valence-corrected chi connectivity index (χ1v) is 9.55. The van der Waals surface area contributed by atoms with Gasteiger partial charge in [-0.3, -0.25) is 9.59 Å². The summed E-state index contributed by atoms with van der Waals surface area (Å²) in [5.41, 5.74) is 2.24. The van der Waals surface area contributed by atoms with E-state index in [1.54, 1.807) is 30.2 Å². The topological polar surface area (TPSA) is 73.7 Å². The van der Waals surface area contributed by atoms with Gasteiger partial charge >= 0.3 is 5.97 Å². The second-order valence-electron chi connectivity index (χ2n) is 6.84. The Morgan fingerprint density at radius 1 is 1.24 bits per heavy atom. The summed E-state index contributed by atoms with van der Waals surface area (Å²) >= 11 is 6.14. The smallest absolute Gasteiger partial charge is 0.325 e. The highest BCUT2D eigenvalue weighted by Crippen LogP contribution is 2.38. The van der Waals surface area contributed by atoms with Gasteiger partial charge in [-0.05, 0) is 30.3 Å². The molecule has 1 fully saturated rings. The number of hydrogen-bond donors (Lipinski definition) is 0. The number of esters is 1. The van der Waals surface area contributed by atoms with Crippen LogP contribution >= 0.6 is 11.6 Å². The second-order valence-corrected chi connectivity index (χ2v) is 7.28. The maximum Gasteiger partial charge on any atom is 0.325 e. The average molecular weight is 414 g/mol. The van der Waals surface area contributed by atoms with Crippen molar-refractivity contribution in [2.24, 2.45) is 0 Å². The van der Waals surface area contributed by atoms with Crippen LogP contribution in [0.15, 0.2) is 42.5 Å². The normalized spacial score (nSPS) is 16.4. The fourth-order valence-electron chi connectivity index (χ4n) is 3.75. The number of halogens is 1. The molecule has 3 aromatic rings. The van der Waals surface area contributed by atoms with Crippen molar-refractivity contribution >= 4 is 40.2 Å². The number of fused-ring (bicyclic) bond motifs is 1. The molecule has 150 valence electrons. The van der Waals surface area contributed by atoms with Crippen molar-refractivity contribution in [3.8, 4) is 5.75 Å². The lowest BCUT2D eigenvalue weighted by Crippen LogP contribution is -2.25. The zero-order valence-corrected chi connectivity index (χ0v) is 16.8. The lowest BCUT2D eigenvalue weighted by Gasteiger charge is -2.20. The fourth-order valence-corrected chi connectivity index (χ4v) is 3.92. The monoisotopic (exact) mass is 413 g/mol. The van der Waals surface area contributed by atoms with Crippen LogP contribution in [0.4, 0.5) is 5.69 Å². The minimum absolute atomic E-state index is 0.0392. The summed E-state index contributed by atoms with van der Waals surface area (Å²) in [5, 5.41) is 0.523. The lowest BCUT2D eigenvalue weighted by molar-refractivity contribution is -0.141. The predicted octanol–water partition coefficient (Wildman–Crippen LogP) is 3.39. The summed E-state index contributed by atoms with van der Waals surface area (Å²) < 4.78 is 12.1. The standard InChI is InChI=1S/C21H20ClN3O4/c1-28-18-8-7-14(22)10-17(18)24-11-13(9-19(24)26)21-23-15-5-3-4-6-16(15)25(21)12-20(27)29-2/h3-8,10,13H,9,11-12H2,1-2H3/t13-/m0/s1. The highest BCUT2D eigenvalue weighted by Gasteiger charge is 2.36. The van der Waals surface area contributed by atoms with Gasteiger partial charge in [-0.15, -0.1) is 0 Å². The van der Waals surface area contributed by atoms with Crippen LogP contribution in [0.5, 0.6) is 5.75 Å². The number of para-hydroxylation sites is 2. The molecule has 0 radical (unpaired) electrons. The molecule has 29 heavy (non-hydrogen) atoms. The molecule has 1 aromatic heterocycles. The zero-order chi connectivity index (χ0) is 20.5. The van der Waals surface area contributed by atoms with Gasteiger partial charge in [-0.1, -0.05) is 23.7 Å². The highest BCUT2D eigenvalue weighted by atomic mass is 35.5. The molecule has 7 nitrogen and oxygen atoms in total. The van der Waals surface area contributed by atoms with Crippen LogP contribution in [-0.4, -0.2) is 42.2 Å². The molecule has 1 saturated heterocycles. The summed E-state index contributed by atoms with van der Waals surface area (Å²) in [6.07, 6.45) is 0.278. The molecule has 0 spiro atoms. The molecule has 1 amide bonds. The Bertz CT molecular complexity index is 1090. The van der Waals surface area contributed by atoms with E-state index in [2.05, 4.69) is 0 Å². The van der Waals surface area contributed by atoms with Gasteiger partial charge < -0.3 is 18.9 Å². The van der Waals surface area contributed by atoms with Gasteiger partial charge in [0.15, 0.2) is 0 Å². The molecule has 0 saturated carbocycles. The number of benzene rings is 2. The number of amides is 1. The summed E-state index contributed by atoms with van der Waals surface area (Å²) in [6.45, 7) is 0.456. The Hall–Kier alpha value is -3.06. The van der Waals surface area contributed by atoms with Crippen molar-refractivity contribution in [3.63, 3.8) is 0 Å². The summed E-state index contributed by atoms with van der Waals surface area (Å²) in [6, 6.07) is 12.8. The molecule has 2 heterocycles. The molecular weight excluding hydrogens is 394 g/mol. The molecule has 1 aliphatic heterocycles. The maximum absolute atomic E-state index is 12.8. The highest BCUT2D eigenvalue weighted by molar-refractivity contribution is 6.31. The summed E-state index contributed by atoms with van der Waals surface area (Å²) in [5.74, 6) is 0.669. The number of carbonyl (C=O) groups excluding carboxylic acids is 2. The Morgan fingerprint density at radius 2 is 2.03 bits per heavy atom. The molecule has 0 aliphatic carbocycles. The Labute approximate surface area is 172 Å². The van der Waals surface area contributed by atoms with Crippen LogP contribution in [0.3, 0.4) is 0 Å². The van der Waals surface area contributed by atoms with E-state index in [4.69, 9.17) is 26.1 Å². The largest absolute Gasteiger partial charge is 0.495 e. The summed E-state index contributed by atoms with van der Waals surface area (Å²) in [4.78, 5) is 31.2. The number of aromatic nitrogens is 2. The number of carbonyl (C=O) groups is 2. The van der Waals surface area contributed by atoms with E-state index >= 15 is 0 Å². The second kappa shape index (κ2) is 7.75. The molecule has 0 N–H and O–H groups in total. The van der Waals surface area contributed by atoms with Gasteiger partial charge in [0.05, 0.1) is 30.9 Å². The Kier molecular flexibility index (Phi) is 5.15. The average Bonchev–Trinajstić information content (AvgIpc) is 3.28. The van der Waals surface area contributed by atoms with E-state index in [0.29, 0.717) is 28.8 Å². The van der Waals surface area contributed by atoms with Crippen LogP contribution in [0, 0.1) is 0 Å². The molecule has 0 bridgehead atoms. The molecule has 1 aliphatic rings. The minimum atomic E-state index is -0.368. The molecular formula is C21H20ClN3O4. The molecule has 8 heteroatoms. The van der Waals surface area contributed by atoms with Crippen molar-refractivity contribution < 1.29 is 19.1 Å². The van der Waals surface area contributed by atoms with Gasteiger partial charge in [0.25, 0.3) is 0 Å². The van der Waals surface area contributed by atoms with Crippen molar-refractivity contribution in [1.82, 2.24) is 9.55 Å². The lowest BCUT2D eigenvalue weighted by atomic mass is 10.1. The van der Waals surface area contributed by atoms with Crippen LogP contribution in [0.1, 0.15) is 18.2 Å². The van der Waals surface area contributed by atoms with Crippen molar-refractivity contribution in [1.29, 1.82) is 0 Å². The summed E-state index contributed by atoms with van der Waals surface area (Å²) in [7, 11) is 2.91. The number of imidazole rings is 1. The number of anilines is 1. The van der Waals surface area contributed by atoms with Crippen molar-refractivity contribution in [2.45, 2.75) is 18.9 Å². The number of ether oxygens (including phenoxy) is 2. The van der Waals surface area contributed by atoms with Crippen LogP contribution in [0.2, 0.25) is 5.02 Å².